The minimum atomic E-state index is -0.0555. The molecule has 0 aliphatic heterocycles. The topological polar surface area (TPSA) is 58.2 Å². The number of carbonyl (C=O) groups is 2. The van der Waals surface area contributed by atoms with Crippen molar-refractivity contribution >= 4 is 17.5 Å². The Morgan fingerprint density at radius 3 is 2.54 bits per heavy atom. The first-order chi connectivity index (χ1) is 11.6. The summed E-state index contributed by atoms with van der Waals surface area (Å²) in [6.07, 6.45) is 9.14. The predicted molar refractivity (Wildman–Crippen MR) is 95.8 cm³/mol. The number of hydrogen-bond acceptors (Lipinski definition) is 2. The Balaban J connectivity index is 1.45. The first kappa shape index (κ1) is 16.7. The summed E-state index contributed by atoms with van der Waals surface area (Å²) in [5, 5.41) is 5.88. The minimum absolute atomic E-state index is 0.0555. The van der Waals surface area contributed by atoms with Crippen LogP contribution in [0.4, 0.5) is 5.69 Å². The first-order valence-corrected chi connectivity index (χ1v) is 9.00. The zero-order valence-corrected chi connectivity index (χ0v) is 14.3. The summed E-state index contributed by atoms with van der Waals surface area (Å²) in [5.41, 5.74) is 2.85. The third-order valence-electron chi connectivity index (χ3n) is 4.98. The normalized spacial score (nSPS) is 22.5. The fraction of sp³-hybridized carbons (Fsp3) is 0.500. The third-order valence-corrected chi connectivity index (χ3v) is 4.98. The zero-order chi connectivity index (χ0) is 16.9. The second-order valence-corrected chi connectivity index (χ2v) is 7.00. The van der Waals surface area contributed by atoms with Gasteiger partial charge in [-0.1, -0.05) is 18.6 Å². The summed E-state index contributed by atoms with van der Waals surface area (Å²) in [7, 11) is 0. The molecule has 0 heterocycles. The van der Waals surface area contributed by atoms with E-state index in [1.54, 1.807) is 24.3 Å². The lowest BCUT2D eigenvalue weighted by Crippen LogP contribution is -2.25. The Morgan fingerprint density at radius 2 is 1.92 bits per heavy atom. The number of amides is 2. The molecule has 0 saturated heterocycles. The maximum absolute atomic E-state index is 12.2. The highest BCUT2D eigenvalue weighted by Gasteiger charge is 2.39. The van der Waals surface area contributed by atoms with E-state index >= 15 is 0 Å². The van der Waals surface area contributed by atoms with Gasteiger partial charge in [0.2, 0.25) is 5.91 Å². The number of rotatable bonds is 6. The number of carbonyl (C=O) groups excluding carboxylic acids is 2. The second-order valence-electron chi connectivity index (χ2n) is 7.00. The van der Waals surface area contributed by atoms with E-state index in [1.807, 2.05) is 0 Å². The third kappa shape index (κ3) is 4.47. The summed E-state index contributed by atoms with van der Waals surface area (Å²) in [4.78, 5) is 24.1. The zero-order valence-electron chi connectivity index (χ0n) is 14.3. The maximum atomic E-state index is 12.2. The molecule has 2 aliphatic rings. The van der Waals surface area contributed by atoms with E-state index in [1.165, 1.54) is 31.3 Å². The van der Waals surface area contributed by atoms with Crippen molar-refractivity contribution in [3.05, 3.63) is 41.5 Å². The summed E-state index contributed by atoms with van der Waals surface area (Å²) >= 11 is 0. The van der Waals surface area contributed by atoms with Crippen LogP contribution in [0, 0.1) is 11.8 Å². The van der Waals surface area contributed by atoms with Gasteiger partial charge in [-0.05, 0) is 68.7 Å². The predicted octanol–water partition coefficient (Wildman–Crippen LogP) is 3.90. The molecule has 0 unspecified atom stereocenters. The van der Waals surface area contributed by atoms with E-state index in [2.05, 4.69) is 23.6 Å². The van der Waals surface area contributed by atoms with Crippen molar-refractivity contribution in [2.45, 2.75) is 45.4 Å². The van der Waals surface area contributed by atoms with Crippen LogP contribution in [-0.4, -0.2) is 18.4 Å². The Morgan fingerprint density at radius 1 is 1.17 bits per heavy atom. The van der Waals surface area contributed by atoms with E-state index in [4.69, 9.17) is 0 Å². The molecule has 0 bridgehead atoms. The monoisotopic (exact) mass is 326 g/mol. The lowest BCUT2D eigenvalue weighted by atomic mass is 9.97. The average molecular weight is 326 g/mol. The van der Waals surface area contributed by atoms with Crippen molar-refractivity contribution in [3.8, 4) is 0 Å². The Kier molecular flexibility index (Phi) is 5.34. The summed E-state index contributed by atoms with van der Waals surface area (Å²) < 4.78 is 0. The van der Waals surface area contributed by atoms with Crippen LogP contribution in [0.15, 0.2) is 35.9 Å². The number of benzene rings is 1. The number of anilines is 1. The minimum Gasteiger partial charge on any atom is -0.352 e. The van der Waals surface area contributed by atoms with E-state index in [9.17, 15) is 9.59 Å². The second kappa shape index (κ2) is 7.65. The Hall–Kier alpha value is -2.10. The van der Waals surface area contributed by atoms with Crippen LogP contribution in [-0.2, 0) is 4.79 Å². The van der Waals surface area contributed by atoms with Crippen molar-refractivity contribution in [1.82, 2.24) is 5.32 Å². The highest BCUT2D eigenvalue weighted by molar-refractivity contribution is 5.96. The van der Waals surface area contributed by atoms with Crippen molar-refractivity contribution in [3.63, 3.8) is 0 Å². The first-order valence-electron chi connectivity index (χ1n) is 9.00. The fourth-order valence-electron chi connectivity index (χ4n) is 3.20. The quantitative estimate of drug-likeness (QED) is 0.779. The van der Waals surface area contributed by atoms with Crippen LogP contribution in [0.1, 0.15) is 55.8 Å². The van der Waals surface area contributed by atoms with Crippen LogP contribution in [0.5, 0.6) is 0 Å². The average Bonchev–Trinajstić information content (AvgIpc) is 3.33. The Labute approximate surface area is 143 Å². The van der Waals surface area contributed by atoms with Crippen LogP contribution in [0.3, 0.4) is 0 Å². The van der Waals surface area contributed by atoms with Gasteiger partial charge in [0, 0.05) is 23.7 Å². The van der Waals surface area contributed by atoms with Gasteiger partial charge in [-0.25, -0.2) is 0 Å². The lowest BCUT2D eigenvalue weighted by molar-refractivity contribution is -0.117. The van der Waals surface area contributed by atoms with Gasteiger partial charge in [-0.3, -0.25) is 9.59 Å². The van der Waals surface area contributed by atoms with Gasteiger partial charge in [0.05, 0.1) is 0 Å². The smallest absolute Gasteiger partial charge is 0.251 e. The standard InChI is InChI=1S/C20H26N2O2/c1-14-13-18(14)20(24)22-17-9-7-16(8-10-17)19(23)21-12-11-15-5-3-2-4-6-15/h5,7-10,14,18H,2-4,6,11-13H2,1H3,(H,21,23)(H,22,24)/t14-,18-/m0/s1. The maximum Gasteiger partial charge on any atom is 0.251 e. The van der Waals surface area contributed by atoms with Crippen LogP contribution in [0.2, 0.25) is 0 Å². The number of hydrogen-bond donors (Lipinski definition) is 2. The molecule has 24 heavy (non-hydrogen) atoms. The largest absolute Gasteiger partial charge is 0.352 e. The van der Waals surface area contributed by atoms with E-state index in [-0.39, 0.29) is 17.7 Å². The molecular weight excluding hydrogens is 300 g/mol. The number of allylic oxidation sites excluding steroid dienone is 1. The molecule has 1 fully saturated rings. The van der Waals surface area contributed by atoms with Gasteiger partial charge in [-0.2, -0.15) is 0 Å². The molecule has 1 aromatic rings. The molecule has 0 spiro atoms. The molecule has 2 N–H and O–H groups in total. The highest BCUT2D eigenvalue weighted by atomic mass is 16.2. The van der Waals surface area contributed by atoms with E-state index < -0.39 is 0 Å². The lowest BCUT2D eigenvalue weighted by Gasteiger charge is -2.13. The van der Waals surface area contributed by atoms with Gasteiger partial charge in [-0.15, -0.1) is 0 Å². The fourth-order valence-corrected chi connectivity index (χ4v) is 3.20. The highest BCUT2D eigenvalue weighted by Crippen LogP contribution is 2.38. The number of nitrogens with one attached hydrogen (secondary N) is 2. The van der Waals surface area contributed by atoms with Gasteiger partial charge in [0.1, 0.15) is 0 Å². The Bertz CT molecular complexity index is 634. The summed E-state index contributed by atoms with van der Waals surface area (Å²) in [5.74, 6) is 0.678. The molecule has 1 saturated carbocycles. The molecule has 4 nitrogen and oxygen atoms in total. The summed E-state index contributed by atoms with van der Waals surface area (Å²) in [6.45, 7) is 2.77. The molecule has 2 aliphatic carbocycles. The molecular formula is C20H26N2O2. The van der Waals surface area contributed by atoms with Crippen LogP contribution < -0.4 is 10.6 Å². The van der Waals surface area contributed by atoms with Gasteiger partial charge in [0.25, 0.3) is 5.91 Å². The summed E-state index contributed by atoms with van der Waals surface area (Å²) in [6, 6.07) is 7.12. The van der Waals surface area contributed by atoms with Crippen LogP contribution >= 0.6 is 0 Å². The van der Waals surface area contributed by atoms with E-state index in [0.717, 1.165) is 18.5 Å². The molecule has 2 atom stereocenters. The van der Waals surface area contributed by atoms with Crippen molar-refractivity contribution in [2.24, 2.45) is 11.8 Å². The van der Waals surface area contributed by atoms with E-state index in [0.29, 0.717) is 18.0 Å². The molecule has 2 amide bonds. The van der Waals surface area contributed by atoms with Crippen molar-refractivity contribution in [2.75, 3.05) is 11.9 Å². The molecule has 0 aromatic heterocycles. The van der Waals surface area contributed by atoms with Gasteiger partial charge >= 0.3 is 0 Å². The van der Waals surface area contributed by atoms with Crippen molar-refractivity contribution < 1.29 is 9.59 Å². The van der Waals surface area contributed by atoms with Gasteiger partial charge in [0.15, 0.2) is 0 Å². The van der Waals surface area contributed by atoms with Crippen LogP contribution in [0.25, 0.3) is 0 Å². The molecule has 3 rings (SSSR count). The molecule has 1 aromatic carbocycles. The SMILES string of the molecule is C[C@H]1C[C@@H]1C(=O)Nc1ccc(C(=O)NCCC2=CCCCC2)cc1. The molecule has 4 heteroatoms. The van der Waals surface area contributed by atoms with Crippen molar-refractivity contribution in [1.29, 1.82) is 0 Å². The van der Waals surface area contributed by atoms with Gasteiger partial charge < -0.3 is 10.6 Å². The molecule has 128 valence electrons. The molecule has 0 radical (unpaired) electrons.